The first-order valence-corrected chi connectivity index (χ1v) is 8.25. The second-order valence-corrected chi connectivity index (χ2v) is 6.31. The number of amides is 1. The Morgan fingerprint density at radius 3 is 2.68 bits per heavy atom. The van der Waals surface area contributed by atoms with Crippen molar-refractivity contribution in [3.63, 3.8) is 0 Å². The fourth-order valence-electron chi connectivity index (χ4n) is 3.38. The van der Waals surface area contributed by atoms with Gasteiger partial charge in [-0.3, -0.25) is 4.79 Å². The fourth-order valence-corrected chi connectivity index (χ4v) is 3.38. The summed E-state index contributed by atoms with van der Waals surface area (Å²) in [5, 5.41) is 9.12. The van der Waals surface area contributed by atoms with Crippen molar-refractivity contribution in [1.82, 2.24) is 9.97 Å². The van der Waals surface area contributed by atoms with Crippen molar-refractivity contribution in [2.75, 3.05) is 41.0 Å². The van der Waals surface area contributed by atoms with Crippen LogP contribution in [0.2, 0.25) is 0 Å². The Kier molecular flexibility index (Phi) is 3.67. The second kappa shape index (κ2) is 5.87. The molecule has 0 atom stereocenters. The molecule has 8 heteroatoms. The molecule has 25 heavy (non-hydrogen) atoms. The molecule has 0 aliphatic carbocycles. The number of anilines is 4. The average Bonchev–Trinajstić information content (AvgIpc) is 2.64. The largest absolute Gasteiger partial charge is 0.371 e. The Morgan fingerprint density at radius 1 is 1.24 bits per heavy atom. The van der Waals surface area contributed by atoms with Crippen molar-refractivity contribution in [2.45, 2.75) is 18.4 Å². The normalized spacial score (nSPS) is 18.3. The van der Waals surface area contributed by atoms with Crippen molar-refractivity contribution >= 4 is 29.0 Å². The minimum absolute atomic E-state index is 0.0122. The molecule has 1 spiro atoms. The van der Waals surface area contributed by atoms with Gasteiger partial charge < -0.3 is 20.9 Å². The summed E-state index contributed by atoms with van der Waals surface area (Å²) in [5.41, 5.74) is 1.11. The fraction of sp³-hybridized carbons (Fsp3) is 0.353. The number of hydrogen-bond acceptors (Lipinski definition) is 6. The molecule has 0 saturated carbocycles. The quantitative estimate of drug-likeness (QED) is 0.775. The number of halogens is 1. The molecule has 1 amide bonds. The van der Waals surface area contributed by atoms with Crippen molar-refractivity contribution in [2.24, 2.45) is 0 Å². The van der Waals surface area contributed by atoms with Crippen LogP contribution in [0.25, 0.3) is 0 Å². The summed E-state index contributed by atoms with van der Waals surface area (Å²) in [6, 6.07) is 7.68. The molecule has 3 heterocycles. The van der Waals surface area contributed by atoms with E-state index >= 15 is 0 Å². The van der Waals surface area contributed by atoms with Gasteiger partial charge in [-0.1, -0.05) is 12.1 Å². The highest BCUT2D eigenvalue weighted by Gasteiger charge is 2.44. The minimum Gasteiger partial charge on any atom is -0.371 e. The standard InChI is InChI=1S/C17H19FN6O/c1-19-14-11(18)10-20-16(22-14)24-8-6-17(7-9-24)15(25)21-12-4-2-3-5-13(12)23-17/h2-5,10,23H,6-9H2,1H3,(H,21,25)(H,19,20,22). The Morgan fingerprint density at radius 2 is 1.96 bits per heavy atom. The van der Waals surface area contributed by atoms with Gasteiger partial charge in [0.25, 0.3) is 0 Å². The molecule has 7 nitrogen and oxygen atoms in total. The first kappa shape index (κ1) is 15.6. The lowest BCUT2D eigenvalue weighted by molar-refractivity contribution is -0.121. The van der Waals surface area contributed by atoms with E-state index in [1.165, 1.54) is 6.20 Å². The number of carbonyl (C=O) groups excluding carboxylic acids is 1. The van der Waals surface area contributed by atoms with Crippen LogP contribution in [0.15, 0.2) is 30.5 Å². The summed E-state index contributed by atoms with van der Waals surface area (Å²) in [5.74, 6) is 0.149. The van der Waals surface area contributed by atoms with Crippen molar-refractivity contribution < 1.29 is 9.18 Å². The Labute approximate surface area is 144 Å². The number of aromatic nitrogens is 2. The number of fused-ring (bicyclic) bond motifs is 1. The Bertz CT molecular complexity index is 819. The van der Waals surface area contributed by atoms with Crippen LogP contribution in [0, 0.1) is 5.82 Å². The third-order valence-electron chi connectivity index (χ3n) is 4.85. The van der Waals surface area contributed by atoms with E-state index < -0.39 is 11.4 Å². The zero-order valence-corrected chi connectivity index (χ0v) is 13.8. The second-order valence-electron chi connectivity index (χ2n) is 6.31. The number of piperidine rings is 1. The van der Waals surface area contributed by atoms with Crippen LogP contribution in [0.1, 0.15) is 12.8 Å². The molecule has 1 aromatic carbocycles. The molecule has 1 aromatic heterocycles. The van der Waals surface area contributed by atoms with Crippen LogP contribution >= 0.6 is 0 Å². The van der Waals surface area contributed by atoms with Gasteiger partial charge in [-0.25, -0.2) is 9.37 Å². The molecule has 0 radical (unpaired) electrons. The maximum absolute atomic E-state index is 13.5. The van der Waals surface area contributed by atoms with Gasteiger partial charge in [0.2, 0.25) is 11.9 Å². The first-order valence-electron chi connectivity index (χ1n) is 8.25. The summed E-state index contributed by atoms with van der Waals surface area (Å²) in [6.45, 7) is 1.22. The van der Waals surface area contributed by atoms with E-state index in [1.807, 2.05) is 29.2 Å². The third kappa shape index (κ3) is 2.63. The van der Waals surface area contributed by atoms with Crippen LogP contribution in [-0.4, -0.2) is 41.6 Å². The summed E-state index contributed by atoms with van der Waals surface area (Å²) >= 11 is 0. The van der Waals surface area contributed by atoms with Crippen LogP contribution in [-0.2, 0) is 4.79 Å². The molecule has 2 aliphatic heterocycles. The van der Waals surface area contributed by atoms with Gasteiger partial charge in [-0.05, 0) is 25.0 Å². The zero-order chi connectivity index (χ0) is 17.4. The lowest BCUT2D eigenvalue weighted by atomic mass is 9.84. The summed E-state index contributed by atoms with van der Waals surface area (Å²) in [7, 11) is 1.62. The van der Waals surface area contributed by atoms with Gasteiger partial charge in [0.15, 0.2) is 11.6 Å². The number of para-hydroxylation sites is 2. The highest BCUT2D eigenvalue weighted by molar-refractivity contribution is 6.06. The van der Waals surface area contributed by atoms with Gasteiger partial charge in [-0.2, -0.15) is 4.98 Å². The Hall–Kier alpha value is -2.90. The van der Waals surface area contributed by atoms with Crippen molar-refractivity contribution in [3.8, 4) is 0 Å². The van der Waals surface area contributed by atoms with Crippen LogP contribution in [0.4, 0.5) is 27.5 Å². The lowest BCUT2D eigenvalue weighted by Gasteiger charge is -2.44. The molecule has 0 unspecified atom stereocenters. The number of nitrogens with one attached hydrogen (secondary N) is 3. The minimum atomic E-state index is -0.628. The smallest absolute Gasteiger partial charge is 0.250 e. The highest BCUT2D eigenvalue weighted by atomic mass is 19.1. The summed E-state index contributed by atoms with van der Waals surface area (Å²) in [4.78, 5) is 22.9. The van der Waals surface area contributed by atoms with E-state index in [-0.39, 0.29) is 11.7 Å². The predicted octanol–water partition coefficient (Wildman–Crippen LogP) is 2.06. The molecular formula is C17H19FN6O. The third-order valence-corrected chi connectivity index (χ3v) is 4.85. The van der Waals surface area contributed by atoms with E-state index in [9.17, 15) is 9.18 Å². The predicted molar refractivity (Wildman–Crippen MR) is 94.4 cm³/mol. The molecule has 4 rings (SSSR count). The summed E-state index contributed by atoms with van der Waals surface area (Å²) in [6.07, 6.45) is 2.39. The highest BCUT2D eigenvalue weighted by Crippen LogP contribution is 2.36. The molecule has 2 aromatic rings. The Balaban J connectivity index is 1.53. The molecule has 130 valence electrons. The van der Waals surface area contributed by atoms with E-state index in [1.54, 1.807) is 7.05 Å². The molecule has 1 fully saturated rings. The number of nitrogens with zero attached hydrogens (tertiary/aromatic N) is 3. The number of rotatable bonds is 2. The number of carbonyl (C=O) groups is 1. The maximum Gasteiger partial charge on any atom is 0.250 e. The average molecular weight is 342 g/mol. The van der Waals surface area contributed by atoms with Crippen LogP contribution < -0.4 is 20.9 Å². The lowest BCUT2D eigenvalue weighted by Crippen LogP contribution is -2.58. The molecule has 1 saturated heterocycles. The van der Waals surface area contributed by atoms with E-state index in [4.69, 9.17) is 0 Å². The van der Waals surface area contributed by atoms with E-state index in [0.717, 1.165) is 11.4 Å². The van der Waals surface area contributed by atoms with Gasteiger partial charge in [0.1, 0.15) is 5.54 Å². The van der Waals surface area contributed by atoms with Crippen molar-refractivity contribution in [1.29, 1.82) is 0 Å². The van der Waals surface area contributed by atoms with Crippen LogP contribution in [0.3, 0.4) is 0 Å². The monoisotopic (exact) mass is 342 g/mol. The van der Waals surface area contributed by atoms with Gasteiger partial charge in [0, 0.05) is 20.1 Å². The molecular weight excluding hydrogens is 323 g/mol. The topological polar surface area (TPSA) is 82.2 Å². The first-order chi connectivity index (χ1) is 12.1. The number of hydrogen-bond donors (Lipinski definition) is 3. The maximum atomic E-state index is 13.5. The van der Waals surface area contributed by atoms with Gasteiger partial charge in [-0.15, -0.1) is 0 Å². The summed E-state index contributed by atoms with van der Waals surface area (Å²) < 4.78 is 13.5. The van der Waals surface area contributed by atoms with Gasteiger partial charge in [0.05, 0.1) is 17.6 Å². The van der Waals surface area contributed by atoms with E-state index in [0.29, 0.717) is 31.9 Å². The zero-order valence-electron chi connectivity index (χ0n) is 13.8. The van der Waals surface area contributed by atoms with E-state index in [2.05, 4.69) is 25.9 Å². The molecule has 0 bridgehead atoms. The van der Waals surface area contributed by atoms with Crippen molar-refractivity contribution in [3.05, 3.63) is 36.3 Å². The SMILES string of the molecule is CNc1nc(N2CCC3(CC2)Nc2ccccc2NC3=O)ncc1F. The molecule has 3 N–H and O–H groups in total. The number of benzene rings is 1. The van der Waals surface area contributed by atoms with Gasteiger partial charge >= 0.3 is 0 Å². The molecule has 2 aliphatic rings. The van der Waals surface area contributed by atoms with Crippen LogP contribution in [0.5, 0.6) is 0 Å².